The molecule has 1 aromatic carbocycles. The first-order chi connectivity index (χ1) is 9.47. The molecule has 1 heterocycles. The van der Waals surface area contributed by atoms with Gasteiger partial charge in [0.2, 0.25) is 0 Å². The van der Waals surface area contributed by atoms with E-state index in [0.29, 0.717) is 0 Å². The predicted octanol–water partition coefficient (Wildman–Crippen LogP) is 2.71. The zero-order valence-corrected chi connectivity index (χ0v) is 13.1. The molecule has 108 valence electrons. The molecule has 0 saturated heterocycles. The van der Waals surface area contributed by atoms with E-state index in [0.717, 1.165) is 24.5 Å². The van der Waals surface area contributed by atoms with E-state index in [4.69, 9.17) is 0 Å². The van der Waals surface area contributed by atoms with Crippen molar-refractivity contribution in [3.8, 4) is 0 Å². The van der Waals surface area contributed by atoms with E-state index in [1.54, 1.807) is 0 Å². The Morgan fingerprint density at radius 3 is 2.30 bits per heavy atom. The van der Waals surface area contributed by atoms with Crippen LogP contribution in [0.1, 0.15) is 22.5 Å². The van der Waals surface area contributed by atoms with Crippen LogP contribution < -0.4 is 5.32 Å². The molecule has 4 nitrogen and oxygen atoms in total. The average Bonchev–Trinajstić information content (AvgIpc) is 2.62. The minimum absolute atomic E-state index is 0.818. The number of aromatic nitrogens is 2. The van der Waals surface area contributed by atoms with Crippen LogP contribution in [0.15, 0.2) is 24.3 Å². The Balaban J connectivity index is 2.00. The Morgan fingerprint density at radius 2 is 1.80 bits per heavy atom. The molecule has 0 atom stereocenters. The highest BCUT2D eigenvalue weighted by molar-refractivity contribution is 5.45. The van der Waals surface area contributed by atoms with Crippen LogP contribution in [0.4, 0.5) is 5.69 Å². The third kappa shape index (κ3) is 3.39. The van der Waals surface area contributed by atoms with Gasteiger partial charge in [-0.2, -0.15) is 5.10 Å². The number of hydrogen-bond acceptors (Lipinski definition) is 3. The molecule has 2 rings (SSSR count). The summed E-state index contributed by atoms with van der Waals surface area (Å²) in [5.74, 6) is 0. The Hall–Kier alpha value is -1.81. The van der Waals surface area contributed by atoms with E-state index >= 15 is 0 Å². The molecular formula is C16H24N4. The van der Waals surface area contributed by atoms with Gasteiger partial charge < -0.3 is 10.2 Å². The van der Waals surface area contributed by atoms with Crippen LogP contribution in [0.5, 0.6) is 0 Å². The predicted molar refractivity (Wildman–Crippen MR) is 83.8 cm³/mol. The van der Waals surface area contributed by atoms with Crippen LogP contribution in [-0.4, -0.2) is 28.8 Å². The topological polar surface area (TPSA) is 33.1 Å². The van der Waals surface area contributed by atoms with Crippen molar-refractivity contribution in [3.63, 3.8) is 0 Å². The second kappa shape index (κ2) is 6.09. The summed E-state index contributed by atoms with van der Waals surface area (Å²) in [6, 6.07) is 8.62. The summed E-state index contributed by atoms with van der Waals surface area (Å²) >= 11 is 0. The molecule has 0 unspecified atom stereocenters. The fourth-order valence-electron chi connectivity index (χ4n) is 2.36. The summed E-state index contributed by atoms with van der Waals surface area (Å²) in [4.78, 5) is 2.17. The summed E-state index contributed by atoms with van der Waals surface area (Å²) in [6.45, 7) is 5.96. The first-order valence-electron chi connectivity index (χ1n) is 6.94. The lowest BCUT2D eigenvalue weighted by Crippen LogP contribution is -2.10. The van der Waals surface area contributed by atoms with E-state index in [1.807, 2.05) is 11.7 Å². The Bertz CT molecular complexity index is 567. The number of hydrogen-bond donors (Lipinski definition) is 1. The van der Waals surface area contributed by atoms with Gasteiger partial charge in [-0.05, 0) is 45.6 Å². The van der Waals surface area contributed by atoms with E-state index in [9.17, 15) is 0 Å². The monoisotopic (exact) mass is 272 g/mol. The molecule has 1 aromatic heterocycles. The van der Waals surface area contributed by atoms with Gasteiger partial charge in [0, 0.05) is 37.1 Å². The van der Waals surface area contributed by atoms with Crippen molar-refractivity contribution in [3.05, 3.63) is 46.8 Å². The largest absolute Gasteiger partial charge is 0.381 e. The average molecular weight is 272 g/mol. The van der Waals surface area contributed by atoms with Gasteiger partial charge in [0.15, 0.2) is 0 Å². The standard InChI is InChI=1S/C16H24N4/c1-12-16(13(2)20(5)18-12)10-17-15-8-6-14(7-9-15)11-19(3)4/h6-9,17H,10-11H2,1-5H3. The SMILES string of the molecule is Cc1nn(C)c(C)c1CNc1ccc(CN(C)C)cc1. The zero-order valence-electron chi connectivity index (χ0n) is 13.1. The third-order valence-electron chi connectivity index (χ3n) is 3.58. The molecule has 0 aliphatic heterocycles. The Labute approximate surface area is 121 Å². The van der Waals surface area contributed by atoms with Crippen LogP contribution in [0.3, 0.4) is 0 Å². The van der Waals surface area contributed by atoms with Crippen molar-refractivity contribution in [2.75, 3.05) is 19.4 Å². The molecule has 1 N–H and O–H groups in total. The molecule has 0 aliphatic rings. The fraction of sp³-hybridized carbons (Fsp3) is 0.438. The minimum Gasteiger partial charge on any atom is -0.381 e. The highest BCUT2D eigenvalue weighted by Crippen LogP contribution is 2.16. The maximum absolute atomic E-state index is 4.44. The number of nitrogens with one attached hydrogen (secondary N) is 1. The van der Waals surface area contributed by atoms with Crippen molar-refractivity contribution in [1.82, 2.24) is 14.7 Å². The van der Waals surface area contributed by atoms with Crippen LogP contribution in [-0.2, 0) is 20.1 Å². The van der Waals surface area contributed by atoms with Crippen LogP contribution in [0, 0.1) is 13.8 Å². The van der Waals surface area contributed by atoms with Gasteiger partial charge in [-0.3, -0.25) is 4.68 Å². The van der Waals surface area contributed by atoms with Crippen molar-refractivity contribution in [2.45, 2.75) is 26.9 Å². The Morgan fingerprint density at radius 1 is 1.15 bits per heavy atom. The highest BCUT2D eigenvalue weighted by atomic mass is 15.3. The summed E-state index contributed by atoms with van der Waals surface area (Å²) in [5.41, 5.74) is 6.08. The van der Waals surface area contributed by atoms with E-state index in [1.165, 1.54) is 16.8 Å². The van der Waals surface area contributed by atoms with Gasteiger partial charge in [-0.1, -0.05) is 12.1 Å². The minimum atomic E-state index is 0.818. The van der Waals surface area contributed by atoms with E-state index < -0.39 is 0 Å². The summed E-state index contributed by atoms with van der Waals surface area (Å²) in [7, 11) is 6.15. The molecule has 4 heteroatoms. The summed E-state index contributed by atoms with van der Waals surface area (Å²) in [5, 5.41) is 7.91. The van der Waals surface area contributed by atoms with Crippen molar-refractivity contribution in [1.29, 1.82) is 0 Å². The molecule has 0 radical (unpaired) electrons. The van der Waals surface area contributed by atoms with Crippen LogP contribution >= 0.6 is 0 Å². The van der Waals surface area contributed by atoms with Gasteiger partial charge in [0.05, 0.1) is 5.69 Å². The smallest absolute Gasteiger partial charge is 0.0646 e. The number of anilines is 1. The van der Waals surface area contributed by atoms with Gasteiger partial charge in [0.25, 0.3) is 0 Å². The maximum Gasteiger partial charge on any atom is 0.0646 e. The number of nitrogens with zero attached hydrogens (tertiary/aromatic N) is 3. The van der Waals surface area contributed by atoms with Gasteiger partial charge in [-0.25, -0.2) is 0 Å². The van der Waals surface area contributed by atoms with E-state index in [2.05, 4.69) is 67.5 Å². The van der Waals surface area contributed by atoms with Gasteiger partial charge in [-0.15, -0.1) is 0 Å². The van der Waals surface area contributed by atoms with Crippen molar-refractivity contribution >= 4 is 5.69 Å². The first-order valence-corrected chi connectivity index (χ1v) is 6.94. The molecule has 0 amide bonds. The number of benzene rings is 1. The molecular weight excluding hydrogens is 248 g/mol. The molecule has 2 aromatic rings. The Kier molecular flexibility index (Phi) is 4.45. The van der Waals surface area contributed by atoms with Gasteiger partial charge in [0.1, 0.15) is 0 Å². The fourth-order valence-corrected chi connectivity index (χ4v) is 2.36. The molecule has 0 fully saturated rings. The molecule has 0 saturated carbocycles. The lowest BCUT2D eigenvalue weighted by molar-refractivity contribution is 0.402. The second-order valence-corrected chi connectivity index (χ2v) is 5.56. The lowest BCUT2D eigenvalue weighted by atomic mass is 10.1. The lowest BCUT2D eigenvalue weighted by Gasteiger charge is -2.11. The highest BCUT2D eigenvalue weighted by Gasteiger charge is 2.08. The quantitative estimate of drug-likeness (QED) is 0.908. The molecule has 20 heavy (non-hydrogen) atoms. The van der Waals surface area contributed by atoms with Gasteiger partial charge >= 0.3 is 0 Å². The summed E-state index contributed by atoms with van der Waals surface area (Å²) < 4.78 is 1.94. The van der Waals surface area contributed by atoms with Crippen molar-refractivity contribution in [2.24, 2.45) is 7.05 Å². The maximum atomic E-state index is 4.44. The third-order valence-corrected chi connectivity index (χ3v) is 3.58. The number of rotatable bonds is 5. The summed E-state index contributed by atoms with van der Waals surface area (Å²) in [6.07, 6.45) is 0. The van der Waals surface area contributed by atoms with Crippen LogP contribution in [0.2, 0.25) is 0 Å². The van der Waals surface area contributed by atoms with Crippen molar-refractivity contribution < 1.29 is 0 Å². The normalized spacial score (nSPS) is 11.1. The number of aryl methyl sites for hydroxylation is 2. The zero-order chi connectivity index (χ0) is 14.7. The van der Waals surface area contributed by atoms with Crippen LogP contribution in [0.25, 0.3) is 0 Å². The first kappa shape index (κ1) is 14.6. The second-order valence-electron chi connectivity index (χ2n) is 5.56. The molecule has 0 spiro atoms. The molecule has 0 bridgehead atoms. The van der Waals surface area contributed by atoms with E-state index in [-0.39, 0.29) is 0 Å². The molecule has 0 aliphatic carbocycles.